The van der Waals surface area contributed by atoms with E-state index in [4.69, 9.17) is 10.8 Å². The number of fused-ring (bicyclic) bond motifs is 1. The van der Waals surface area contributed by atoms with Gasteiger partial charge in [-0.3, -0.25) is 14.4 Å². The van der Waals surface area contributed by atoms with Gasteiger partial charge in [-0.1, -0.05) is 13.8 Å². The summed E-state index contributed by atoms with van der Waals surface area (Å²) in [5, 5.41) is 11.5. The number of aromatic nitrogens is 2. The predicted molar refractivity (Wildman–Crippen MR) is 71.8 cm³/mol. The Morgan fingerprint density at radius 1 is 1.50 bits per heavy atom. The quantitative estimate of drug-likeness (QED) is 0.669. The van der Waals surface area contributed by atoms with E-state index in [-0.39, 0.29) is 30.7 Å². The van der Waals surface area contributed by atoms with Crippen molar-refractivity contribution >= 4 is 29.3 Å². The fourth-order valence-electron chi connectivity index (χ4n) is 1.92. The zero-order valence-corrected chi connectivity index (χ0v) is 11.1. The molecule has 0 unspecified atom stereocenters. The lowest BCUT2D eigenvalue weighted by Gasteiger charge is -2.15. The van der Waals surface area contributed by atoms with Gasteiger partial charge in [-0.15, -0.1) is 0 Å². The first-order chi connectivity index (χ1) is 9.32. The number of aliphatic carboxylic acids is 1. The Morgan fingerprint density at radius 3 is 2.70 bits per heavy atom. The van der Waals surface area contributed by atoms with Gasteiger partial charge in [-0.2, -0.15) is 4.98 Å². The van der Waals surface area contributed by atoms with Crippen LogP contribution in [0.5, 0.6) is 0 Å². The highest BCUT2D eigenvalue weighted by molar-refractivity contribution is 5.86. The van der Waals surface area contributed by atoms with Crippen LogP contribution in [0.3, 0.4) is 0 Å². The summed E-state index contributed by atoms with van der Waals surface area (Å²) in [4.78, 5) is 40.3. The first-order valence-electron chi connectivity index (χ1n) is 6.00. The molecule has 1 aromatic heterocycles. The Balaban J connectivity index is 2.52. The first-order valence-corrected chi connectivity index (χ1v) is 6.00. The fraction of sp³-hybridized carbons (Fsp3) is 0.455. The number of carbonyl (C=O) groups is 2. The molecule has 1 aliphatic rings. The van der Waals surface area contributed by atoms with E-state index >= 15 is 0 Å². The Morgan fingerprint density at radius 2 is 2.15 bits per heavy atom. The van der Waals surface area contributed by atoms with Gasteiger partial charge in [0.2, 0.25) is 11.9 Å². The zero-order chi connectivity index (χ0) is 15.0. The van der Waals surface area contributed by atoms with Crippen LogP contribution < -0.4 is 21.5 Å². The molecule has 1 aromatic rings. The van der Waals surface area contributed by atoms with Crippen LogP contribution in [-0.4, -0.2) is 39.7 Å². The van der Waals surface area contributed by atoms with Crippen molar-refractivity contribution < 1.29 is 14.7 Å². The summed E-state index contributed by atoms with van der Waals surface area (Å²) in [5.41, 5.74) is 5.14. The number of nitrogen functional groups attached to an aromatic ring is 1. The molecule has 2 heterocycles. The largest absolute Gasteiger partial charge is 0.480 e. The van der Waals surface area contributed by atoms with Crippen molar-refractivity contribution in [3.8, 4) is 0 Å². The number of hydrogen-bond acceptors (Lipinski definition) is 7. The van der Waals surface area contributed by atoms with E-state index in [1.54, 1.807) is 13.8 Å². The lowest BCUT2D eigenvalue weighted by atomic mass is 10.2. The molecular formula is C11H15N5O4. The highest BCUT2D eigenvalue weighted by Crippen LogP contribution is 2.26. The lowest BCUT2D eigenvalue weighted by Crippen LogP contribution is -2.34. The van der Waals surface area contributed by atoms with Crippen LogP contribution in [0.4, 0.5) is 17.5 Å². The molecule has 108 valence electrons. The fourth-order valence-corrected chi connectivity index (χ4v) is 1.92. The highest BCUT2D eigenvalue weighted by Gasteiger charge is 2.29. The summed E-state index contributed by atoms with van der Waals surface area (Å²) < 4.78 is 0.806. The third-order valence-electron chi connectivity index (χ3n) is 2.88. The maximum Gasteiger partial charge on any atom is 0.323 e. The molecule has 0 radical (unpaired) electrons. The van der Waals surface area contributed by atoms with Gasteiger partial charge in [-0.05, 0) is 0 Å². The van der Waals surface area contributed by atoms with Crippen molar-refractivity contribution in [1.29, 1.82) is 0 Å². The Hall–Kier alpha value is -2.58. The van der Waals surface area contributed by atoms with E-state index in [1.807, 2.05) is 0 Å². The van der Waals surface area contributed by atoms with Gasteiger partial charge in [0.15, 0.2) is 5.82 Å². The molecule has 4 N–H and O–H groups in total. The number of nitrogens with zero attached hydrogens (tertiary/aromatic N) is 3. The Kier molecular flexibility index (Phi) is 3.35. The monoisotopic (exact) mass is 281 g/mol. The van der Waals surface area contributed by atoms with Gasteiger partial charge in [-0.25, -0.2) is 4.57 Å². The van der Waals surface area contributed by atoms with Crippen molar-refractivity contribution in [1.82, 2.24) is 9.55 Å². The second-order valence-corrected chi connectivity index (χ2v) is 4.73. The van der Waals surface area contributed by atoms with E-state index in [2.05, 4.69) is 10.3 Å². The molecule has 20 heavy (non-hydrogen) atoms. The maximum absolute atomic E-state index is 12.2. The van der Waals surface area contributed by atoms with E-state index in [1.165, 1.54) is 4.90 Å². The predicted octanol–water partition coefficient (Wildman–Crippen LogP) is -0.604. The number of carboxylic acid groups (broad SMARTS) is 1. The number of carboxylic acids is 1. The molecule has 0 saturated heterocycles. The summed E-state index contributed by atoms with van der Waals surface area (Å²) in [6.45, 7) is 3.11. The SMILES string of the molecule is CC(C)C(=O)n1c(N)nc2c(c1=O)NCN2CC(=O)O. The summed E-state index contributed by atoms with van der Waals surface area (Å²) >= 11 is 0. The van der Waals surface area contributed by atoms with Gasteiger partial charge in [0.25, 0.3) is 5.56 Å². The molecular weight excluding hydrogens is 266 g/mol. The van der Waals surface area contributed by atoms with E-state index in [9.17, 15) is 14.4 Å². The van der Waals surface area contributed by atoms with Crippen LogP contribution >= 0.6 is 0 Å². The van der Waals surface area contributed by atoms with Crippen LogP contribution in [-0.2, 0) is 4.79 Å². The van der Waals surface area contributed by atoms with Crippen LogP contribution in [0.1, 0.15) is 18.6 Å². The average Bonchev–Trinajstić information content (AvgIpc) is 2.71. The minimum absolute atomic E-state index is 0.0921. The van der Waals surface area contributed by atoms with Crippen LogP contribution in [0.2, 0.25) is 0 Å². The molecule has 2 rings (SSSR count). The number of anilines is 3. The molecule has 0 saturated carbocycles. The van der Waals surface area contributed by atoms with E-state index in [0.717, 1.165) is 4.57 Å². The molecule has 0 fully saturated rings. The lowest BCUT2D eigenvalue weighted by molar-refractivity contribution is -0.135. The third kappa shape index (κ3) is 2.17. The summed E-state index contributed by atoms with van der Waals surface area (Å²) in [6, 6.07) is 0. The topological polar surface area (TPSA) is 131 Å². The number of nitrogens with one attached hydrogen (secondary N) is 1. The molecule has 0 aromatic carbocycles. The number of rotatable bonds is 3. The van der Waals surface area contributed by atoms with Gasteiger partial charge in [0.1, 0.15) is 12.2 Å². The van der Waals surface area contributed by atoms with Gasteiger partial charge >= 0.3 is 5.97 Å². The number of hydrogen-bond donors (Lipinski definition) is 3. The molecule has 0 aliphatic carbocycles. The Bertz CT molecular complexity index is 636. The van der Waals surface area contributed by atoms with Crippen molar-refractivity contribution in [3.63, 3.8) is 0 Å². The van der Waals surface area contributed by atoms with E-state index < -0.39 is 23.4 Å². The smallest absolute Gasteiger partial charge is 0.323 e. The van der Waals surface area contributed by atoms with Gasteiger partial charge in [0.05, 0.1) is 6.67 Å². The summed E-state index contributed by atoms with van der Waals surface area (Å²) in [7, 11) is 0. The van der Waals surface area contributed by atoms with Crippen LogP contribution in [0.25, 0.3) is 0 Å². The second-order valence-electron chi connectivity index (χ2n) is 4.73. The van der Waals surface area contributed by atoms with Crippen LogP contribution in [0, 0.1) is 5.92 Å². The maximum atomic E-state index is 12.2. The summed E-state index contributed by atoms with van der Waals surface area (Å²) in [5.74, 6) is -2.01. The van der Waals surface area contributed by atoms with Crippen molar-refractivity contribution in [2.45, 2.75) is 13.8 Å². The molecule has 0 bridgehead atoms. The molecule has 0 spiro atoms. The number of carbonyl (C=O) groups excluding carboxylic acids is 1. The second kappa shape index (κ2) is 4.83. The van der Waals surface area contributed by atoms with E-state index in [0.29, 0.717) is 0 Å². The van der Waals surface area contributed by atoms with Gasteiger partial charge in [0, 0.05) is 5.92 Å². The molecule has 1 aliphatic heterocycles. The van der Waals surface area contributed by atoms with Crippen LogP contribution in [0.15, 0.2) is 4.79 Å². The highest BCUT2D eigenvalue weighted by atomic mass is 16.4. The molecule has 0 atom stereocenters. The molecule has 0 amide bonds. The standard InChI is InChI=1S/C11H15N5O4/c1-5(2)9(19)16-10(20)7-8(14-11(16)12)15(4-13-7)3-6(17)18/h5,13H,3-4H2,1-2H3,(H2,12,14)(H,17,18). The minimum Gasteiger partial charge on any atom is -0.480 e. The van der Waals surface area contributed by atoms with Gasteiger partial charge < -0.3 is 21.1 Å². The average molecular weight is 281 g/mol. The van der Waals surface area contributed by atoms with Crippen molar-refractivity contribution in [2.24, 2.45) is 5.92 Å². The van der Waals surface area contributed by atoms with Crippen molar-refractivity contribution in [2.75, 3.05) is 29.2 Å². The molecule has 9 nitrogen and oxygen atoms in total. The number of nitrogens with two attached hydrogens (primary N) is 1. The summed E-state index contributed by atoms with van der Waals surface area (Å²) in [6.07, 6.45) is 0. The third-order valence-corrected chi connectivity index (χ3v) is 2.88. The first kappa shape index (κ1) is 13.8. The minimum atomic E-state index is -1.05. The Labute approximate surface area is 114 Å². The van der Waals surface area contributed by atoms with Crippen molar-refractivity contribution in [3.05, 3.63) is 10.4 Å². The normalized spacial score (nSPS) is 13.2. The molecule has 9 heteroatoms. The zero-order valence-electron chi connectivity index (χ0n) is 11.1.